The lowest BCUT2D eigenvalue weighted by atomic mass is 9.56. The number of anilines is 2. The molecule has 3 aromatic rings. The lowest BCUT2D eigenvalue weighted by molar-refractivity contribution is -0.125. The van der Waals surface area contributed by atoms with Crippen molar-refractivity contribution in [1.82, 2.24) is 0 Å². The number of aromatic hydroxyl groups is 1. The molecule has 2 aliphatic carbocycles. The molecule has 15 heteroatoms. The maximum absolute atomic E-state index is 15.1. The van der Waals surface area contributed by atoms with E-state index in [4.69, 9.17) is 23.2 Å². The second kappa shape index (κ2) is 11.1. The Hall–Kier alpha value is -4.36. The summed E-state index contributed by atoms with van der Waals surface area (Å²) in [5.41, 5.74) is -0.727. The van der Waals surface area contributed by atoms with E-state index in [-0.39, 0.29) is 28.1 Å². The van der Waals surface area contributed by atoms with Gasteiger partial charge >= 0.3 is 0 Å². The fraction of sp³-hybridized carbons (Fsp3) is 0.294. The van der Waals surface area contributed by atoms with Gasteiger partial charge in [-0.1, -0.05) is 36.8 Å². The van der Waals surface area contributed by atoms with Crippen LogP contribution in [-0.4, -0.2) is 38.5 Å². The summed E-state index contributed by atoms with van der Waals surface area (Å²) in [4.78, 5) is 51.4. The lowest BCUT2D eigenvalue weighted by Crippen LogP contribution is -2.60. The predicted octanol–water partition coefficient (Wildman–Crippen LogP) is 6.56. The van der Waals surface area contributed by atoms with Crippen LogP contribution in [0.3, 0.4) is 0 Å². The molecule has 4 amide bonds. The monoisotopic (exact) mass is 722 g/mol. The summed E-state index contributed by atoms with van der Waals surface area (Å²) >= 11 is 14.0. The molecule has 4 aliphatic rings. The van der Waals surface area contributed by atoms with Crippen molar-refractivity contribution in [3.63, 3.8) is 0 Å². The van der Waals surface area contributed by atoms with Gasteiger partial charge in [-0.15, -0.1) is 23.2 Å². The molecule has 49 heavy (non-hydrogen) atoms. The first-order valence-corrected chi connectivity index (χ1v) is 15.8. The minimum Gasteiger partial charge on any atom is -0.505 e. The second-order valence-electron chi connectivity index (χ2n) is 12.4. The van der Waals surface area contributed by atoms with E-state index in [1.807, 2.05) is 6.92 Å². The zero-order valence-corrected chi connectivity index (χ0v) is 26.6. The van der Waals surface area contributed by atoms with Crippen molar-refractivity contribution in [3.8, 4) is 5.75 Å². The Balaban J connectivity index is 1.42. The molecule has 3 aromatic carbocycles. The number of benzene rings is 3. The van der Waals surface area contributed by atoms with E-state index in [0.29, 0.717) is 6.42 Å². The number of hydrogen-bond donors (Lipinski definition) is 1. The predicted molar refractivity (Wildman–Crippen MR) is 163 cm³/mol. The average Bonchev–Trinajstić information content (AvgIpc) is 3.42. The molecule has 0 aromatic heterocycles. The van der Waals surface area contributed by atoms with Crippen LogP contribution in [0.4, 0.5) is 37.7 Å². The van der Waals surface area contributed by atoms with Gasteiger partial charge in [-0.2, -0.15) is 0 Å². The molecule has 3 fully saturated rings. The van der Waals surface area contributed by atoms with E-state index in [1.165, 1.54) is 6.08 Å². The zero-order chi connectivity index (χ0) is 35.5. The number of aryl methyl sites for hydroxylation is 1. The number of imide groups is 2. The number of rotatable bonds is 4. The van der Waals surface area contributed by atoms with Crippen LogP contribution in [0, 0.1) is 52.7 Å². The highest BCUT2D eigenvalue weighted by Gasteiger charge is 2.77. The Labute approximate surface area is 283 Å². The molecular weight excluding hydrogens is 701 g/mol. The summed E-state index contributed by atoms with van der Waals surface area (Å²) in [5.74, 6) is -24.1. The van der Waals surface area contributed by atoms with Gasteiger partial charge in [0.1, 0.15) is 5.69 Å². The summed E-state index contributed by atoms with van der Waals surface area (Å²) in [6.45, 7) is 1.92. The summed E-state index contributed by atoms with van der Waals surface area (Å²) in [5, 5.41) is 9.90. The van der Waals surface area contributed by atoms with Crippen LogP contribution in [0.25, 0.3) is 0 Å². The number of alkyl halides is 2. The van der Waals surface area contributed by atoms with Gasteiger partial charge in [0.15, 0.2) is 44.6 Å². The van der Waals surface area contributed by atoms with Gasteiger partial charge in [0.05, 0.1) is 17.5 Å². The van der Waals surface area contributed by atoms with Crippen molar-refractivity contribution in [1.29, 1.82) is 0 Å². The number of carbonyl (C=O) groups is 4. The standard InChI is InChI=1S/C34H22Cl2F6N2O5/c1-2-13-3-6-15(7-4-13)43-29(46)17-9-8-16-18(21(17)30(43)47)12-33(35)31(48)44(28-26(41)24(39)23(38)25(40)27(28)42)32(49)34(33,36)22(16)14-5-10-20(45)19(37)11-14/h3-8,10-11,17-18,21-22,45H,2,9,12H2,1H3. The van der Waals surface area contributed by atoms with E-state index in [0.717, 1.165) is 28.7 Å². The lowest BCUT2D eigenvalue weighted by Gasteiger charge is -2.50. The van der Waals surface area contributed by atoms with E-state index >= 15 is 8.78 Å². The summed E-state index contributed by atoms with van der Waals surface area (Å²) in [6.07, 6.45) is 1.41. The fourth-order valence-corrected chi connectivity index (χ4v) is 8.71. The molecule has 7 rings (SSSR count). The molecule has 1 saturated carbocycles. The third kappa shape index (κ3) is 4.24. The van der Waals surface area contributed by atoms with E-state index < -0.39 is 110 Å². The molecule has 2 heterocycles. The van der Waals surface area contributed by atoms with Crippen molar-refractivity contribution in [2.45, 2.75) is 41.9 Å². The van der Waals surface area contributed by atoms with E-state index in [2.05, 4.69) is 0 Å². The number of fused-ring (bicyclic) bond motifs is 4. The van der Waals surface area contributed by atoms with Gasteiger partial charge < -0.3 is 5.11 Å². The van der Waals surface area contributed by atoms with Crippen LogP contribution in [0.5, 0.6) is 5.75 Å². The second-order valence-corrected chi connectivity index (χ2v) is 13.7. The van der Waals surface area contributed by atoms with Crippen LogP contribution in [0.1, 0.15) is 36.8 Å². The van der Waals surface area contributed by atoms with Gasteiger partial charge in [0.25, 0.3) is 11.8 Å². The maximum Gasteiger partial charge on any atom is 0.258 e. The van der Waals surface area contributed by atoms with Crippen molar-refractivity contribution >= 4 is 58.2 Å². The third-order valence-corrected chi connectivity index (χ3v) is 11.5. The highest BCUT2D eigenvalue weighted by atomic mass is 35.5. The number of hydrogen-bond acceptors (Lipinski definition) is 5. The molecule has 0 radical (unpaired) electrons. The fourth-order valence-electron chi connectivity index (χ4n) is 7.78. The average molecular weight is 723 g/mol. The summed E-state index contributed by atoms with van der Waals surface area (Å²) in [6, 6.07) is 9.49. The Morgan fingerprint density at radius 3 is 2.00 bits per heavy atom. The first-order valence-electron chi connectivity index (χ1n) is 15.0. The van der Waals surface area contributed by atoms with Gasteiger partial charge in [-0.3, -0.25) is 24.1 Å². The number of phenols is 1. The molecule has 254 valence electrons. The van der Waals surface area contributed by atoms with Crippen molar-refractivity contribution in [2.75, 3.05) is 9.80 Å². The van der Waals surface area contributed by atoms with Crippen LogP contribution < -0.4 is 9.80 Å². The molecular formula is C34H22Cl2F6N2O5. The number of phenolic OH excluding ortho intramolecular Hbond substituents is 1. The van der Waals surface area contributed by atoms with Gasteiger partial charge in [-0.25, -0.2) is 31.2 Å². The highest BCUT2D eigenvalue weighted by molar-refractivity contribution is 6.58. The molecule has 0 bridgehead atoms. The first kappa shape index (κ1) is 33.2. The molecule has 6 atom stereocenters. The van der Waals surface area contributed by atoms with Crippen LogP contribution >= 0.6 is 23.2 Å². The molecule has 0 spiro atoms. The minimum atomic E-state index is -2.80. The van der Waals surface area contributed by atoms with E-state index in [1.54, 1.807) is 24.3 Å². The minimum absolute atomic E-state index is 0.0760. The van der Waals surface area contributed by atoms with Gasteiger partial charge in [0.2, 0.25) is 17.6 Å². The van der Waals surface area contributed by atoms with Crippen LogP contribution in [-0.2, 0) is 25.6 Å². The summed E-state index contributed by atoms with van der Waals surface area (Å²) in [7, 11) is 0. The SMILES string of the molecule is CCc1ccc(N2C(=O)C3CC=C4C(CC5(Cl)C(=O)N(c6c(F)c(F)c(F)c(F)c6F)C(=O)C5(Cl)C4c4ccc(O)c(F)c4)C3C2=O)cc1. The Morgan fingerprint density at radius 2 is 1.41 bits per heavy atom. The Bertz CT molecular complexity index is 2030. The topological polar surface area (TPSA) is 95.0 Å². The third-order valence-electron chi connectivity index (χ3n) is 10.1. The maximum atomic E-state index is 15.1. The normalized spacial score (nSPS) is 29.3. The molecule has 6 unspecified atom stereocenters. The zero-order valence-electron chi connectivity index (χ0n) is 25.0. The molecule has 2 aliphatic heterocycles. The summed E-state index contributed by atoms with van der Waals surface area (Å²) < 4.78 is 87.8. The van der Waals surface area contributed by atoms with Crippen molar-refractivity contribution < 1.29 is 50.6 Å². The van der Waals surface area contributed by atoms with Crippen molar-refractivity contribution in [3.05, 3.63) is 100 Å². The smallest absolute Gasteiger partial charge is 0.258 e. The Kier molecular flexibility index (Phi) is 7.49. The highest BCUT2D eigenvalue weighted by Crippen LogP contribution is 2.66. The number of allylic oxidation sites excluding steroid dienone is 2. The number of amides is 4. The number of nitrogens with zero attached hydrogens (tertiary/aromatic N) is 2. The largest absolute Gasteiger partial charge is 0.505 e. The van der Waals surface area contributed by atoms with Crippen LogP contribution in [0.15, 0.2) is 54.1 Å². The quantitative estimate of drug-likeness (QED) is 0.0823. The van der Waals surface area contributed by atoms with Gasteiger partial charge in [-0.05, 0) is 60.6 Å². The van der Waals surface area contributed by atoms with Crippen molar-refractivity contribution in [2.24, 2.45) is 17.8 Å². The molecule has 2 saturated heterocycles. The number of halogens is 8. The first-order chi connectivity index (χ1) is 23.1. The van der Waals surface area contributed by atoms with E-state index in [9.17, 15) is 41.8 Å². The Morgan fingerprint density at radius 1 is 0.796 bits per heavy atom. The molecule has 7 nitrogen and oxygen atoms in total. The van der Waals surface area contributed by atoms with Gasteiger partial charge in [0, 0.05) is 5.92 Å². The van der Waals surface area contributed by atoms with Crippen LogP contribution in [0.2, 0.25) is 0 Å². The molecule has 1 N–H and O–H groups in total. The number of carbonyl (C=O) groups excluding carboxylic acids is 4.